The summed E-state index contributed by atoms with van der Waals surface area (Å²) in [7, 11) is 0. The maximum absolute atomic E-state index is 14.8. The van der Waals surface area contributed by atoms with Gasteiger partial charge in [0.1, 0.15) is 36.2 Å². The summed E-state index contributed by atoms with van der Waals surface area (Å²) in [6.45, 7) is 1.71. The van der Waals surface area contributed by atoms with Crippen LogP contribution in [-0.2, 0) is 24.9 Å². The molecule has 1 N–H and O–H groups in total. The molecule has 2 atom stereocenters. The van der Waals surface area contributed by atoms with Crippen molar-refractivity contribution in [2.24, 2.45) is 5.92 Å². The van der Waals surface area contributed by atoms with Crippen molar-refractivity contribution < 1.29 is 27.1 Å². The molecule has 0 saturated heterocycles. The van der Waals surface area contributed by atoms with Gasteiger partial charge in [-0.1, -0.05) is 49.4 Å². The Morgan fingerprint density at radius 1 is 0.955 bits per heavy atom. The van der Waals surface area contributed by atoms with Gasteiger partial charge in [-0.05, 0) is 53.8 Å². The van der Waals surface area contributed by atoms with Gasteiger partial charge in [0.2, 0.25) is 0 Å². The third kappa shape index (κ3) is 6.67. The van der Waals surface area contributed by atoms with E-state index in [9.17, 15) is 31.9 Å². The van der Waals surface area contributed by atoms with Crippen LogP contribution in [0.3, 0.4) is 0 Å². The molecule has 228 valence electrons. The van der Waals surface area contributed by atoms with E-state index >= 15 is 0 Å². The molecule has 0 radical (unpaired) electrons. The fraction of sp³-hybridized carbons (Fsp3) is 0.226. The monoisotopic (exact) mass is 610 g/mol. The second-order valence-electron chi connectivity index (χ2n) is 10.4. The minimum Gasteiger partial charge on any atom is -0.383 e. The molecule has 0 aliphatic carbocycles. The average molecular weight is 611 g/mol. The van der Waals surface area contributed by atoms with Crippen LogP contribution in [0.25, 0.3) is 11.8 Å². The Hall–Kier alpha value is -4.91. The van der Waals surface area contributed by atoms with E-state index in [1.54, 1.807) is 31.2 Å². The summed E-state index contributed by atoms with van der Waals surface area (Å²) >= 11 is 0. The summed E-state index contributed by atoms with van der Waals surface area (Å²) in [4.78, 5) is 16.8. The normalized spacial score (nSPS) is 14.2. The third-order valence-corrected chi connectivity index (χ3v) is 7.39. The Bertz CT molecular complexity index is 1800. The number of halogens is 5. The van der Waals surface area contributed by atoms with Crippen LogP contribution >= 0.6 is 0 Å². The van der Waals surface area contributed by atoms with Crippen LogP contribution in [0.1, 0.15) is 35.6 Å². The minimum absolute atomic E-state index is 0.0529. The fourth-order valence-electron chi connectivity index (χ4n) is 4.85. The summed E-state index contributed by atoms with van der Waals surface area (Å²) in [5.74, 6) is -2.14. The van der Waals surface area contributed by atoms with Gasteiger partial charge in [0.05, 0.1) is 24.3 Å². The van der Waals surface area contributed by atoms with Crippen LogP contribution < -0.4 is 5.69 Å². The minimum atomic E-state index is -4.44. The number of alkyl halides is 3. The summed E-state index contributed by atoms with van der Waals surface area (Å²) in [5, 5.41) is 19.8. The van der Waals surface area contributed by atoms with Crippen molar-refractivity contribution in [2.45, 2.75) is 38.2 Å². The first-order valence-corrected chi connectivity index (χ1v) is 13.5. The van der Waals surface area contributed by atoms with E-state index in [4.69, 9.17) is 0 Å². The molecule has 0 bridgehead atoms. The molecule has 2 aromatic heterocycles. The second kappa shape index (κ2) is 12.4. The molecule has 2 heterocycles. The zero-order valence-corrected chi connectivity index (χ0v) is 23.4. The summed E-state index contributed by atoms with van der Waals surface area (Å²) in [6, 6.07) is 14.5. The molecule has 44 heavy (non-hydrogen) atoms. The van der Waals surface area contributed by atoms with Crippen LogP contribution in [0.2, 0.25) is 0 Å². The maximum atomic E-state index is 14.8. The van der Waals surface area contributed by atoms with Crippen molar-refractivity contribution in [1.29, 1.82) is 0 Å². The van der Waals surface area contributed by atoms with E-state index in [2.05, 4.69) is 15.2 Å². The summed E-state index contributed by atoms with van der Waals surface area (Å²) < 4.78 is 70.7. The molecular weight excluding hydrogens is 583 g/mol. The Morgan fingerprint density at radius 2 is 1.68 bits per heavy atom. The third-order valence-electron chi connectivity index (χ3n) is 7.39. The van der Waals surface area contributed by atoms with Crippen LogP contribution in [0.4, 0.5) is 22.0 Å². The Morgan fingerprint density at radius 3 is 2.32 bits per heavy atom. The zero-order chi connectivity index (χ0) is 31.5. The lowest BCUT2D eigenvalue weighted by atomic mass is 9.80. The molecule has 0 amide bonds. The van der Waals surface area contributed by atoms with Gasteiger partial charge in [0, 0.05) is 11.6 Å². The predicted molar refractivity (Wildman–Crippen MR) is 151 cm³/mol. The molecular formula is C31H27F5N6O2. The summed E-state index contributed by atoms with van der Waals surface area (Å²) in [6.07, 6.45) is 3.54. The van der Waals surface area contributed by atoms with Crippen LogP contribution in [-0.4, -0.2) is 34.2 Å². The van der Waals surface area contributed by atoms with Gasteiger partial charge in [-0.3, -0.25) is 4.57 Å². The quantitative estimate of drug-likeness (QED) is 0.208. The van der Waals surface area contributed by atoms with E-state index in [1.807, 2.05) is 12.2 Å². The first-order valence-electron chi connectivity index (χ1n) is 13.5. The number of aliphatic hydroxyl groups is 1. The van der Waals surface area contributed by atoms with Gasteiger partial charge in [0.15, 0.2) is 0 Å². The van der Waals surface area contributed by atoms with Gasteiger partial charge < -0.3 is 5.11 Å². The molecule has 0 unspecified atom stereocenters. The topological polar surface area (TPSA) is 90.8 Å². The molecule has 13 heteroatoms. The second-order valence-corrected chi connectivity index (χ2v) is 10.4. The van der Waals surface area contributed by atoms with Crippen molar-refractivity contribution in [3.63, 3.8) is 0 Å². The first kappa shape index (κ1) is 30.5. The van der Waals surface area contributed by atoms with Crippen molar-refractivity contribution in [2.75, 3.05) is 0 Å². The Kier molecular flexibility index (Phi) is 8.59. The number of nitrogens with zero attached hydrogens (tertiary/aromatic N) is 6. The Labute approximate surface area is 248 Å². The lowest BCUT2D eigenvalue weighted by Gasteiger charge is -2.34. The van der Waals surface area contributed by atoms with E-state index in [1.165, 1.54) is 51.1 Å². The zero-order valence-electron chi connectivity index (χ0n) is 23.4. The highest BCUT2D eigenvalue weighted by Gasteiger charge is 2.38. The van der Waals surface area contributed by atoms with Crippen LogP contribution in [0.5, 0.6) is 0 Å². The van der Waals surface area contributed by atoms with E-state index in [-0.39, 0.29) is 18.7 Å². The SMILES string of the molecule is C[C@@H](C/C=C/c1ccc(-n2ncn(Cc3ccc(C(F)(F)F)cc3)c2=O)cc1)[C@](O)(Cn1cncn1)c1ccc(F)cc1F. The van der Waals surface area contributed by atoms with Crippen LogP contribution in [0, 0.1) is 17.6 Å². The van der Waals surface area contributed by atoms with Gasteiger partial charge in [-0.15, -0.1) is 0 Å². The van der Waals surface area contributed by atoms with Crippen molar-refractivity contribution in [3.8, 4) is 5.69 Å². The van der Waals surface area contributed by atoms with Crippen molar-refractivity contribution in [1.82, 2.24) is 29.1 Å². The van der Waals surface area contributed by atoms with E-state index in [0.717, 1.165) is 29.8 Å². The van der Waals surface area contributed by atoms with E-state index < -0.39 is 40.6 Å². The molecule has 5 aromatic rings. The van der Waals surface area contributed by atoms with Gasteiger partial charge >= 0.3 is 11.9 Å². The molecule has 0 aliphatic rings. The van der Waals surface area contributed by atoms with Gasteiger partial charge in [-0.25, -0.2) is 23.2 Å². The van der Waals surface area contributed by atoms with Crippen molar-refractivity contribution in [3.05, 3.63) is 136 Å². The van der Waals surface area contributed by atoms with Gasteiger partial charge in [0.25, 0.3) is 0 Å². The lowest BCUT2D eigenvalue weighted by Crippen LogP contribution is -2.39. The van der Waals surface area contributed by atoms with Crippen LogP contribution in [0.15, 0.2) is 96.6 Å². The number of rotatable bonds is 10. The molecule has 8 nitrogen and oxygen atoms in total. The average Bonchev–Trinajstić information content (AvgIpc) is 3.62. The predicted octanol–water partition coefficient (Wildman–Crippen LogP) is 5.60. The highest BCUT2D eigenvalue weighted by atomic mass is 19.4. The number of hydrogen-bond donors (Lipinski definition) is 1. The van der Waals surface area contributed by atoms with E-state index in [0.29, 0.717) is 17.7 Å². The molecule has 3 aromatic carbocycles. The molecule has 0 fully saturated rings. The lowest BCUT2D eigenvalue weighted by molar-refractivity contribution is -0.137. The molecule has 0 spiro atoms. The fourth-order valence-corrected chi connectivity index (χ4v) is 4.85. The summed E-state index contributed by atoms with van der Waals surface area (Å²) in [5.41, 5.74) is -1.21. The van der Waals surface area contributed by atoms with Gasteiger partial charge in [-0.2, -0.15) is 28.1 Å². The highest BCUT2D eigenvalue weighted by Crippen LogP contribution is 2.36. The number of hydrogen-bond acceptors (Lipinski definition) is 5. The molecule has 0 saturated carbocycles. The number of aromatic nitrogens is 6. The Balaban J connectivity index is 1.27. The number of allylic oxidation sites excluding steroid dienone is 1. The molecule has 5 rings (SSSR count). The smallest absolute Gasteiger partial charge is 0.383 e. The number of benzene rings is 3. The largest absolute Gasteiger partial charge is 0.416 e. The molecule has 0 aliphatic heterocycles. The van der Waals surface area contributed by atoms with Crippen molar-refractivity contribution >= 4 is 6.08 Å². The highest BCUT2D eigenvalue weighted by molar-refractivity contribution is 5.51. The maximum Gasteiger partial charge on any atom is 0.416 e. The standard InChI is InChI=1S/C31H27F5N6O2/c1-21(30(44,17-41-19-37-18-38-41)27-14-11-25(32)15-28(27)33)3-2-4-22-7-12-26(13-8-22)42-29(43)40(20-39-42)16-23-5-9-24(10-6-23)31(34,35)36/h2,4-15,18-21,44H,3,16-17H2,1H3/b4-2+/t21-,30+/m0/s1. The first-order chi connectivity index (χ1) is 20.9.